The summed E-state index contributed by atoms with van der Waals surface area (Å²) in [5.41, 5.74) is 4.48. The van der Waals surface area contributed by atoms with Gasteiger partial charge in [-0.15, -0.1) is 0 Å². The molecule has 4 nitrogen and oxygen atoms in total. The SMILES string of the molecule is Cc1cc(S(=O)(=O)N2CCN(c3cccc(C)c3C)CC2)ccc1Cl. The molecule has 0 atom stereocenters. The van der Waals surface area contributed by atoms with Crippen LogP contribution in [-0.2, 0) is 10.0 Å². The van der Waals surface area contributed by atoms with Crippen LogP contribution in [-0.4, -0.2) is 38.9 Å². The third kappa shape index (κ3) is 3.54. The molecule has 1 heterocycles. The number of benzene rings is 2. The third-order valence-corrected chi connectivity index (χ3v) is 7.24. The number of anilines is 1. The van der Waals surface area contributed by atoms with E-state index in [0.29, 0.717) is 36.1 Å². The Hall–Kier alpha value is -1.56. The lowest BCUT2D eigenvalue weighted by atomic mass is 10.1. The minimum atomic E-state index is -3.48. The third-order valence-electron chi connectivity index (χ3n) is 4.92. The van der Waals surface area contributed by atoms with Gasteiger partial charge in [0.05, 0.1) is 4.90 Å². The fraction of sp³-hybridized carbons (Fsp3) is 0.368. The number of piperazine rings is 1. The van der Waals surface area contributed by atoms with Crippen LogP contribution in [0.1, 0.15) is 16.7 Å². The number of hydrogen-bond donors (Lipinski definition) is 0. The lowest BCUT2D eigenvalue weighted by Gasteiger charge is -2.36. The largest absolute Gasteiger partial charge is 0.369 e. The molecule has 0 spiro atoms. The van der Waals surface area contributed by atoms with Gasteiger partial charge in [-0.2, -0.15) is 4.31 Å². The maximum absolute atomic E-state index is 12.9. The van der Waals surface area contributed by atoms with Crippen LogP contribution in [0.2, 0.25) is 5.02 Å². The van der Waals surface area contributed by atoms with Crippen molar-refractivity contribution in [2.24, 2.45) is 0 Å². The molecule has 6 heteroatoms. The van der Waals surface area contributed by atoms with Crippen molar-refractivity contribution in [3.05, 3.63) is 58.1 Å². The molecule has 2 aromatic rings. The molecular formula is C19H23ClN2O2S. The molecule has 0 amide bonds. The summed E-state index contributed by atoms with van der Waals surface area (Å²) >= 11 is 6.02. The fourth-order valence-electron chi connectivity index (χ4n) is 3.17. The first-order valence-corrected chi connectivity index (χ1v) is 10.2. The number of sulfonamides is 1. The van der Waals surface area contributed by atoms with E-state index in [2.05, 4.69) is 36.9 Å². The average Bonchev–Trinajstić information content (AvgIpc) is 2.60. The van der Waals surface area contributed by atoms with E-state index in [0.717, 1.165) is 5.56 Å². The monoisotopic (exact) mass is 378 g/mol. The van der Waals surface area contributed by atoms with Crippen molar-refractivity contribution < 1.29 is 8.42 Å². The van der Waals surface area contributed by atoms with Gasteiger partial charge in [-0.25, -0.2) is 8.42 Å². The Balaban J connectivity index is 1.77. The van der Waals surface area contributed by atoms with E-state index in [4.69, 9.17) is 11.6 Å². The van der Waals surface area contributed by atoms with E-state index in [-0.39, 0.29) is 0 Å². The maximum Gasteiger partial charge on any atom is 0.243 e. The molecule has 0 radical (unpaired) electrons. The normalized spacial score (nSPS) is 16.2. The van der Waals surface area contributed by atoms with Crippen LogP contribution < -0.4 is 4.90 Å². The highest BCUT2D eigenvalue weighted by Gasteiger charge is 2.29. The van der Waals surface area contributed by atoms with Crippen molar-refractivity contribution in [2.75, 3.05) is 31.1 Å². The predicted octanol–water partition coefficient (Wildman–Crippen LogP) is 3.78. The van der Waals surface area contributed by atoms with Gasteiger partial charge in [0, 0.05) is 36.9 Å². The van der Waals surface area contributed by atoms with Crippen molar-refractivity contribution in [1.29, 1.82) is 0 Å². The number of aryl methyl sites for hydroxylation is 2. The molecule has 134 valence electrons. The molecule has 25 heavy (non-hydrogen) atoms. The molecule has 1 aliphatic rings. The van der Waals surface area contributed by atoms with E-state index in [1.165, 1.54) is 16.8 Å². The van der Waals surface area contributed by atoms with E-state index in [9.17, 15) is 8.42 Å². The van der Waals surface area contributed by atoms with Crippen molar-refractivity contribution in [2.45, 2.75) is 25.7 Å². The Morgan fingerprint density at radius 1 is 0.920 bits per heavy atom. The van der Waals surface area contributed by atoms with E-state index in [1.807, 2.05) is 6.92 Å². The summed E-state index contributed by atoms with van der Waals surface area (Å²) in [6, 6.07) is 11.1. The average molecular weight is 379 g/mol. The molecule has 1 fully saturated rings. The van der Waals surface area contributed by atoms with Gasteiger partial charge < -0.3 is 4.90 Å². The highest BCUT2D eigenvalue weighted by Crippen LogP contribution is 2.26. The second-order valence-electron chi connectivity index (χ2n) is 6.52. The second-order valence-corrected chi connectivity index (χ2v) is 8.87. The Labute approximate surface area is 155 Å². The van der Waals surface area contributed by atoms with Crippen LogP contribution in [0.3, 0.4) is 0 Å². The second kappa shape index (κ2) is 6.98. The number of hydrogen-bond acceptors (Lipinski definition) is 3. The molecule has 1 saturated heterocycles. The highest BCUT2D eigenvalue weighted by atomic mass is 35.5. The summed E-state index contributed by atoms with van der Waals surface area (Å²) in [7, 11) is -3.48. The topological polar surface area (TPSA) is 40.6 Å². The minimum absolute atomic E-state index is 0.314. The van der Waals surface area contributed by atoms with Crippen molar-refractivity contribution in [3.63, 3.8) is 0 Å². The summed E-state index contributed by atoms with van der Waals surface area (Å²) in [5, 5.41) is 0.582. The zero-order valence-electron chi connectivity index (χ0n) is 14.8. The van der Waals surface area contributed by atoms with E-state index < -0.39 is 10.0 Å². The smallest absolute Gasteiger partial charge is 0.243 e. The van der Waals surface area contributed by atoms with Gasteiger partial charge in [-0.1, -0.05) is 23.7 Å². The Morgan fingerprint density at radius 3 is 2.24 bits per heavy atom. The molecule has 0 unspecified atom stereocenters. The lowest BCUT2D eigenvalue weighted by molar-refractivity contribution is 0.384. The molecule has 3 rings (SSSR count). The van der Waals surface area contributed by atoms with Crippen molar-refractivity contribution in [3.8, 4) is 0 Å². The number of nitrogens with zero attached hydrogens (tertiary/aromatic N) is 2. The molecule has 0 aromatic heterocycles. The van der Waals surface area contributed by atoms with Gasteiger partial charge in [0.15, 0.2) is 0 Å². The van der Waals surface area contributed by atoms with Crippen LogP contribution in [0.15, 0.2) is 41.3 Å². The Morgan fingerprint density at radius 2 is 1.60 bits per heavy atom. The molecule has 1 aliphatic heterocycles. The summed E-state index contributed by atoms with van der Waals surface area (Å²) in [5.74, 6) is 0. The van der Waals surface area contributed by atoms with Gasteiger partial charge in [0.1, 0.15) is 0 Å². The molecule has 2 aromatic carbocycles. The zero-order chi connectivity index (χ0) is 18.2. The summed E-state index contributed by atoms with van der Waals surface area (Å²) in [4.78, 5) is 2.58. The first kappa shape index (κ1) is 18.2. The quantitative estimate of drug-likeness (QED) is 0.816. The molecule has 0 N–H and O–H groups in total. The van der Waals surface area contributed by atoms with Gasteiger partial charge >= 0.3 is 0 Å². The standard InChI is InChI=1S/C19H23ClN2O2S/c1-14-5-4-6-19(16(14)3)21-9-11-22(12-10-21)25(23,24)17-7-8-18(20)15(2)13-17/h4-8,13H,9-12H2,1-3H3. The van der Waals surface area contributed by atoms with E-state index >= 15 is 0 Å². The first-order valence-electron chi connectivity index (χ1n) is 8.38. The lowest BCUT2D eigenvalue weighted by Crippen LogP contribution is -2.48. The molecular weight excluding hydrogens is 356 g/mol. The summed E-state index contributed by atoms with van der Waals surface area (Å²) in [6.07, 6.45) is 0. The Kier molecular flexibility index (Phi) is 5.09. The fourth-order valence-corrected chi connectivity index (χ4v) is 4.80. The first-order chi connectivity index (χ1) is 11.8. The molecule has 0 bridgehead atoms. The van der Waals surface area contributed by atoms with Gasteiger partial charge in [0.25, 0.3) is 0 Å². The molecule has 0 aliphatic carbocycles. The van der Waals surface area contributed by atoms with Gasteiger partial charge in [0.2, 0.25) is 10.0 Å². The van der Waals surface area contributed by atoms with Crippen LogP contribution in [0, 0.1) is 20.8 Å². The van der Waals surface area contributed by atoms with Crippen LogP contribution in [0.4, 0.5) is 5.69 Å². The van der Waals surface area contributed by atoms with Crippen molar-refractivity contribution in [1.82, 2.24) is 4.31 Å². The van der Waals surface area contributed by atoms with Crippen LogP contribution in [0.25, 0.3) is 0 Å². The predicted molar refractivity (Wildman–Crippen MR) is 103 cm³/mol. The van der Waals surface area contributed by atoms with Crippen molar-refractivity contribution >= 4 is 27.3 Å². The number of rotatable bonds is 3. The zero-order valence-corrected chi connectivity index (χ0v) is 16.4. The molecule has 0 saturated carbocycles. The highest BCUT2D eigenvalue weighted by molar-refractivity contribution is 7.89. The minimum Gasteiger partial charge on any atom is -0.369 e. The maximum atomic E-state index is 12.9. The Bertz CT molecular complexity index is 888. The summed E-state index contributed by atoms with van der Waals surface area (Å²) in [6.45, 7) is 8.38. The van der Waals surface area contributed by atoms with Gasteiger partial charge in [-0.3, -0.25) is 0 Å². The van der Waals surface area contributed by atoms with Crippen LogP contribution in [0.5, 0.6) is 0 Å². The number of halogens is 1. The summed E-state index contributed by atoms with van der Waals surface area (Å²) < 4.78 is 27.3. The van der Waals surface area contributed by atoms with Gasteiger partial charge in [-0.05, 0) is 61.7 Å². The van der Waals surface area contributed by atoms with Crippen LogP contribution >= 0.6 is 11.6 Å². The van der Waals surface area contributed by atoms with E-state index in [1.54, 1.807) is 22.5 Å².